The molecule has 4 aromatic rings. The van der Waals surface area contributed by atoms with Crippen LogP contribution in [0.4, 0.5) is 11.5 Å². The zero-order chi connectivity index (χ0) is 20.7. The number of benzene rings is 2. The molecule has 1 saturated heterocycles. The van der Waals surface area contributed by atoms with Crippen LogP contribution in [0.5, 0.6) is 0 Å². The van der Waals surface area contributed by atoms with Gasteiger partial charge in [0.1, 0.15) is 17.0 Å². The van der Waals surface area contributed by atoms with Crippen LogP contribution in [0.25, 0.3) is 21.3 Å². The first-order valence-corrected chi connectivity index (χ1v) is 11.4. The molecule has 0 bridgehead atoms. The van der Waals surface area contributed by atoms with Crippen LogP contribution in [0.3, 0.4) is 0 Å². The number of hydrogen-bond acceptors (Lipinski definition) is 5. The molecule has 0 aliphatic carbocycles. The molecule has 1 aliphatic rings. The summed E-state index contributed by atoms with van der Waals surface area (Å²) in [6.07, 6.45) is 1.69. The maximum absolute atomic E-state index is 6.22. The Morgan fingerprint density at radius 3 is 2.33 bits per heavy atom. The van der Waals surface area contributed by atoms with Gasteiger partial charge in [0.2, 0.25) is 0 Å². The topological polar surface area (TPSA) is 32.3 Å². The Bertz CT molecular complexity index is 1200. The number of nitrogens with zero attached hydrogens (tertiary/aromatic N) is 4. The van der Waals surface area contributed by atoms with Crippen LogP contribution in [0.15, 0.2) is 54.9 Å². The van der Waals surface area contributed by atoms with Crippen LogP contribution in [-0.2, 0) is 0 Å². The van der Waals surface area contributed by atoms with Gasteiger partial charge in [0.15, 0.2) is 0 Å². The predicted molar refractivity (Wildman–Crippen MR) is 128 cm³/mol. The first-order chi connectivity index (χ1) is 14.6. The highest BCUT2D eigenvalue weighted by Gasteiger charge is 2.24. The van der Waals surface area contributed by atoms with Gasteiger partial charge in [-0.15, -0.1) is 11.3 Å². The molecule has 3 heterocycles. The van der Waals surface area contributed by atoms with Crippen LogP contribution in [0.2, 0.25) is 10.0 Å². The third-order valence-corrected chi connectivity index (χ3v) is 7.31. The van der Waals surface area contributed by atoms with E-state index >= 15 is 0 Å². The van der Waals surface area contributed by atoms with Gasteiger partial charge >= 0.3 is 0 Å². The van der Waals surface area contributed by atoms with Gasteiger partial charge in [-0.1, -0.05) is 53.5 Å². The van der Waals surface area contributed by atoms with Crippen molar-refractivity contribution in [3.63, 3.8) is 0 Å². The molecular formula is C23H20Cl2N4S. The summed E-state index contributed by atoms with van der Waals surface area (Å²) in [5.74, 6) is 1.02. The smallest absolute Gasteiger partial charge is 0.141 e. The summed E-state index contributed by atoms with van der Waals surface area (Å²) >= 11 is 14.0. The van der Waals surface area contributed by atoms with E-state index in [0.29, 0.717) is 10.0 Å². The second kappa shape index (κ2) is 8.06. The molecule has 1 aliphatic heterocycles. The molecule has 0 unspecified atom stereocenters. The van der Waals surface area contributed by atoms with Crippen molar-refractivity contribution in [2.75, 3.05) is 36.0 Å². The summed E-state index contributed by atoms with van der Waals surface area (Å²) in [6.45, 7) is 5.73. The number of halogens is 2. The zero-order valence-corrected chi connectivity index (χ0v) is 18.8. The molecule has 0 N–H and O–H groups in total. The summed E-state index contributed by atoms with van der Waals surface area (Å²) in [5.41, 5.74) is 3.57. The second-order valence-electron chi connectivity index (χ2n) is 7.35. The van der Waals surface area contributed by atoms with Gasteiger partial charge in [0.05, 0.1) is 15.4 Å². The maximum Gasteiger partial charge on any atom is 0.141 e. The third-order valence-electron chi connectivity index (χ3n) is 5.55. The summed E-state index contributed by atoms with van der Waals surface area (Å²) in [4.78, 5) is 16.3. The van der Waals surface area contributed by atoms with Crippen LogP contribution in [0.1, 0.15) is 4.88 Å². The van der Waals surface area contributed by atoms with Crippen LogP contribution >= 0.6 is 34.5 Å². The molecule has 1 fully saturated rings. The zero-order valence-electron chi connectivity index (χ0n) is 16.5. The van der Waals surface area contributed by atoms with Crippen molar-refractivity contribution in [1.82, 2.24) is 9.97 Å². The molecule has 0 radical (unpaired) electrons. The Morgan fingerprint density at radius 2 is 1.60 bits per heavy atom. The van der Waals surface area contributed by atoms with Crippen molar-refractivity contribution in [3.8, 4) is 11.1 Å². The van der Waals surface area contributed by atoms with E-state index in [1.165, 1.54) is 16.0 Å². The van der Waals surface area contributed by atoms with Crippen molar-refractivity contribution >= 4 is 56.3 Å². The highest BCUT2D eigenvalue weighted by molar-refractivity contribution is 7.19. The summed E-state index contributed by atoms with van der Waals surface area (Å²) in [6, 6.07) is 16.4. The number of aryl methyl sites for hydroxylation is 1. The predicted octanol–water partition coefficient (Wildman–Crippen LogP) is 6.30. The summed E-state index contributed by atoms with van der Waals surface area (Å²) in [5, 5.41) is 2.34. The number of anilines is 2. The van der Waals surface area contributed by atoms with Crippen LogP contribution in [0, 0.1) is 6.92 Å². The summed E-state index contributed by atoms with van der Waals surface area (Å²) in [7, 11) is 0. The average Bonchev–Trinajstić information content (AvgIpc) is 3.12. The fraction of sp³-hybridized carbons (Fsp3) is 0.217. The second-order valence-corrected chi connectivity index (χ2v) is 9.37. The SMILES string of the molecule is Cc1sc2ncnc(N3CCN(c4ccc(Cl)c(Cl)c4)CC3)c2c1-c1ccccc1. The van der Waals surface area contributed by atoms with Gasteiger partial charge < -0.3 is 9.80 Å². The van der Waals surface area contributed by atoms with E-state index < -0.39 is 0 Å². The molecule has 4 nitrogen and oxygen atoms in total. The number of hydrogen-bond donors (Lipinski definition) is 0. The van der Waals surface area contributed by atoms with E-state index in [2.05, 4.69) is 46.0 Å². The average molecular weight is 455 g/mol. The van der Waals surface area contributed by atoms with E-state index in [9.17, 15) is 0 Å². The lowest BCUT2D eigenvalue weighted by atomic mass is 10.0. The van der Waals surface area contributed by atoms with Gasteiger partial charge in [-0.25, -0.2) is 9.97 Å². The molecule has 30 heavy (non-hydrogen) atoms. The van der Waals surface area contributed by atoms with Gasteiger partial charge in [0, 0.05) is 42.3 Å². The van der Waals surface area contributed by atoms with Crippen molar-refractivity contribution in [1.29, 1.82) is 0 Å². The van der Waals surface area contributed by atoms with Gasteiger partial charge in [-0.2, -0.15) is 0 Å². The Morgan fingerprint density at radius 1 is 0.867 bits per heavy atom. The number of thiophene rings is 1. The molecule has 152 valence electrons. The van der Waals surface area contributed by atoms with Gasteiger partial charge in [-0.05, 0) is 30.7 Å². The van der Waals surface area contributed by atoms with E-state index in [4.69, 9.17) is 28.2 Å². The highest BCUT2D eigenvalue weighted by Crippen LogP contribution is 2.41. The lowest BCUT2D eigenvalue weighted by Crippen LogP contribution is -2.46. The monoisotopic (exact) mass is 454 g/mol. The van der Waals surface area contributed by atoms with Crippen molar-refractivity contribution < 1.29 is 0 Å². The Hall–Kier alpha value is -2.34. The molecule has 2 aromatic heterocycles. The summed E-state index contributed by atoms with van der Waals surface area (Å²) < 4.78 is 0. The Labute approximate surface area is 189 Å². The minimum absolute atomic E-state index is 0.587. The largest absolute Gasteiger partial charge is 0.368 e. The molecular weight excluding hydrogens is 435 g/mol. The normalized spacial score (nSPS) is 14.5. The van der Waals surface area contributed by atoms with E-state index in [1.54, 1.807) is 17.7 Å². The molecule has 0 atom stereocenters. The first kappa shape index (κ1) is 19.6. The fourth-order valence-electron chi connectivity index (χ4n) is 4.08. The molecule has 7 heteroatoms. The lowest BCUT2D eigenvalue weighted by molar-refractivity contribution is 0.649. The Balaban J connectivity index is 1.47. The first-order valence-electron chi connectivity index (χ1n) is 9.86. The van der Waals surface area contributed by atoms with Crippen molar-refractivity contribution in [2.24, 2.45) is 0 Å². The lowest BCUT2D eigenvalue weighted by Gasteiger charge is -2.37. The molecule has 0 spiro atoms. The minimum atomic E-state index is 0.587. The number of aromatic nitrogens is 2. The molecule has 2 aromatic carbocycles. The molecule has 0 saturated carbocycles. The fourth-order valence-corrected chi connectivity index (χ4v) is 5.38. The minimum Gasteiger partial charge on any atom is -0.368 e. The third kappa shape index (κ3) is 3.51. The van der Waals surface area contributed by atoms with E-state index in [-0.39, 0.29) is 0 Å². The quantitative estimate of drug-likeness (QED) is 0.363. The van der Waals surface area contributed by atoms with Crippen LogP contribution in [-0.4, -0.2) is 36.1 Å². The Kier molecular flexibility index (Phi) is 5.27. The van der Waals surface area contributed by atoms with E-state index in [1.807, 2.05) is 24.3 Å². The molecule has 5 rings (SSSR count). The highest BCUT2D eigenvalue weighted by atomic mass is 35.5. The van der Waals surface area contributed by atoms with E-state index in [0.717, 1.165) is 47.9 Å². The standard InChI is InChI=1S/C23H20Cl2N4S/c1-15-20(16-5-3-2-4-6-16)21-22(26-14-27-23(21)30-15)29-11-9-28(10-12-29)17-7-8-18(24)19(25)13-17/h2-8,13-14H,9-12H2,1H3. The van der Waals surface area contributed by atoms with Crippen molar-refractivity contribution in [3.05, 3.63) is 69.8 Å². The number of rotatable bonds is 3. The van der Waals surface area contributed by atoms with Crippen molar-refractivity contribution in [2.45, 2.75) is 6.92 Å². The maximum atomic E-state index is 6.22. The molecule has 0 amide bonds. The number of fused-ring (bicyclic) bond motifs is 1. The van der Waals surface area contributed by atoms with Gasteiger partial charge in [-0.3, -0.25) is 0 Å². The van der Waals surface area contributed by atoms with Crippen LogP contribution < -0.4 is 9.80 Å². The van der Waals surface area contributed by atoms with Gasteiger partial charge in [0.25, 0.3) is 0 Å². The number of piperazine rings is 1.